The fourth-order valence-corrected chi connectivity index (χ4v) is 0.697. The van der Waals surface area contributed by atoms with Gasteiger partial charge in [0.25, 0.3) is 0 Å². The largest absolute Gasteiger partial charge is 0.392 e. The highest BCUT2D eigenvalue weighted by Gasteiger charge is 2.24. The minimum absolute atomic E-state index is 0.295. The molecule has 1 fully saturated rings. The van der Waals surface area contributed by atoms with Crippen LogP contribution in [0.2, 0.25) is 0 Å². The van der Waals surface area contributed by atoms with Gasteiger partial charge in [-0.1, -0.05) is 0 Å². The van der Waals surface area contributed by atoms with Crippen LogP contribution in [-0.2, 0) is 4.74 Å². The van der Waals surface area contributed by atoms with Crippen LogP contribution in [0.4, 0.5) is 0 Å². The number of alkyl halides is 1. The second-order valence-corrected chi connectivity index (χ2v) is 2.31. The fraction of sp³-hybridized carbons (Fsp3) is 1.00. The fourth-order valence-electron chi connectivity index (χ4n) is 0.571. The van der Waals surface area contributed by atoms with Crippen LogP contribution in [0.25, 0.3) is 0 Å². The van der Waals surface area contributed by atoms with Gasteiger partial charge >= 0.3 is 0 Å². The molecular formula is C5H9ClO2. The first kappa shape index (κ1) is 6.33. The molecule has 1 N–H and O–H groups in total. The van der Waals surface area contributed by atoms with Crippen molar-refractivity contribution in [2.24, 2.45) is 0 Å². The first-order valence-corrected chi connectivity index (χ1v) is 3.22. The molecule has 2 atom stereocenters. The van der Waals surface area contributed by atoms with E-state index in [-0.39, 0.29) is 6.10 Å². The van der Waals surface area contributed by atoms with Crippen LogP contribution in [-0.4, -0.2) is 29.8 Å². The number of ether oxygens (including phenoxy) is 1. The molecule has 0 aromatic rings. The normalized spacial score (nSPS) is 30.0. The molecule has 1 aliphatic rings. The second kappa shape index (κ2) is 2.67. The van der Waals surface area contributed by atoms with Gasteiger partial charge in [-0.15, -0.1) is 11.6 Å². The van der Waals surface area contributed by atoms with Crippen LogP contribution >= 0.6 is 11.6 Å². The van der Waals surface area contributed by atoms with Crippen molar-refractivity contribution >= 4 is 11.6 Å². The maximum Gasteiger partial charge on any atom is 0.0835 e. The summed E-state index contributed by atoms with van der Waals surface area (Å²) in [7, 11) is 0. The number of aliphatic hydroxyl groups is 1. The molecule has 0 amide bonds. The number of rotatable bonds is 3. The van der Waals surface area contributed by atoms with E-state index < -0.39 is 0 Å². The molecule has 1 saturated heterocycles. The van der Waals surface area contributed by atoms with E-state index >= 15 is 0 Å². The first-order chi connectivity index (χ1) is 3.83. The van der Waals surface area contributed by atoms with E-state index in [4.69, 9.17) is 21.4 Å². The summed E-state index contributed by atoms with van der Waals surface area (Å²) in [5.41, 5.74) is 0. The summed E-state index contributed by atoms with van der Waals surface area (Å²) in [6, 6.07) is 0. The molecule has 1 heterocycles. The maximum atomic E-state index is 8.86. The zero-order valence-electron chi connectivity index (χ0n) is 4.51. The highest BCUT2D eigenvalue weighted by Crippen LogP contribution is 2.15. The van der Waals surface area contributed by atoms with Crippen molar-refractivity contribution in [3.8, 4) is 0 Å². The van der Waals surface area contributed by atoms with Gasteiger partial charge in [-0.05, 0) is 0 Å². The van der Waals surface area contributed by atoms with E-state index in [1.165, 1.54) is 0 Å². The van der Waals surface area contributed by atoms with E-state index in [9.17, 15) is 0 Å². The Bertz CT molecular complexity index is 72.8. The number of halogens is 1. The quantitative estimate of drug-likeness (QED) is 0.449. The minimum Gasteiger partial charge on any atom is -0.392 e. The smallest absolute Gasteiger partial charge is 0.0835 e. The first-order valence-electron chi connectivity index (χ1n) is 2.68. The van der Waals surface area contributed by atoms with Crippen molar-refractivity contribution in [3.63, 3.8) is 0 Å². The van der Waals surface area contributed by atoms with Crippen molar-refractivity contribution in [1.82, 2.24) is 0 Å². The third kappa shape index (κ3) is 1.99. The summed E-state index contributed by atoms with van der Waals surface area (Å²) in [4.78, 5) is 0. The van der Waals surface area contributed by atoms with Gasteiger partial charge < -0.3 is 9.84 Å². The molecule has 0 spiro atoms. The van der Waals surface area contributed by atoms with Gasteiger partial charge in [0, 0.05) is 12.3 Å². The standard InChI is InChI=1S/C5H9ClO2/c6-2-4(7)1-5-3-8-5/h4-5,7H,1-3H2/t4-,5?/m1/s1. The number of epoxide rings is 1. The topological polar surface area (TPSA) is 32.8 Å². The number of aliphatic hydroxyl groups excluding tert-OH is 1. The van der Waals surface area contributed by atoms with Gasteiger partial charge in [0.05, 0.1) is 18.8 Å². The molecule has 0 bridgehead atoms. The van der Waals surface area contributed by atoms with E-state index in [2.05, 4.69) is 0 Å². The van der Waals surface area contributed by atoms with Gasteiger partial charge in [0.15, 0.2) is 0 Å². The number of hydrogen-bond acceptors (Lipinski definition) is 2. The lowest BCUT2D eigenvalue weighted by molar-refractivity contribution is 0.173. The van der Waals surface area contributed by atoms with Crippen molar-refractivity contribution in [2.45, 2.75) is 18.6 Å². The summed E-state index contributed by atoms with van der Waals surface area (Å²) in [6.07, 6.45) is 0.622. The molecule has 2 nitrogen and oxygen atoms in total. The molecule has 0 saturated carbocycles. The molecule has 0 aromatic heterocycles. The van der Waals surface area contributed by atoms with Crippen LogP contribution < -0.4 is 0 Å². The molecule has 8 heavy (non-hydrogen) atoms. The predicted molar refractivity (Wildman–Crippen MR) is 31.1 cm³/mol. The van der Waals surface area contributed by atoms with Gasteiger partial charge in [0.1, 0.15) is 0 Å². The monoisotopic (exact) mass is 136 g/mol. The molecule has 0 aromatic carbocycles. The summed E-state index contributed by atoms with van der Waals surface area (Å²) < 4.78 is 4.86. The SMILES string of the molecule is O[C@@H](CCl)CC1CO1. The van der Waals surface area contributed by atoms with Gasteiger partial charge in [-0.2, -0.15) is 0 Å². The van der Waals surface area contributed by atoms with E-state index in [0.29, 0.717) is 18.4 Å². The lowest BCUT2D eigenvalue weighted by Crippen LogP contribution is -2.10. The van der Waals surface area contributed by atoms with Crippen molar-refractivity contribution in [3.05, 3.63) is 0 Å². The third-order valence-corrected chi connectivity index (χ3v) is 1.47. The summed E-state index contributed by atoms with van der Waals surface area (Å²) in [5.74, 6) is 0.319. The van der Waals surface area contributed by atoms with E-state index in [0.717, 1.165) is 6.61 Å². The van der Waals surface area contributed by atoms with Crippen molar-refractivity contribution in [2.75, 3.05) is 12.5 Å². The van der Waals surface area contributed by atoms with E-state index in [1.54, 1.807) is 0 Å². The average Bonchev–Trinajstić information content (AvgIpc) is 2.50. The Balaban J connectivity index is 1.98. The van der Waals surface area contributed by atoms with Crippen LogP contribution in [0.5, 0.6) is 0 Å². The van der Waals surface area contributed by atoms with Crippen LogP contribution in [0.3, 0.4) is 0 Å². The van der Waals surface area contributed by atoms with Crippen LogP contribution in [0.15, 0.2) is 0 Å². The Hall–Kier alpha value is 0.210. The van der Waals surface area contributed by atoms with Crippen LogP contribution in [0.1, 0.15) is 6.42 Å². The molecule has 1 aliphatic heterocycles. The number of hydrogen-bond donors (Lipinski definition) is 1. The highest BCUT2D eigenvalue weighted by atomic mass is 35.5. The second-order valence-electron chi connectivity index (χ2n) is 2.00. The lowest BCUT2D eigenvalue weighted by atomic mass is 10.2. The van der Waals surface area contributed by atoms with Gasteiger partial charge in [0.2, 0.25) is 0 Å². The third-order valence-electron chi connectivity index (χ3n) is 1.12. The molecule has 0 aliphatic carbocycles. The summed E-state index contributed by atoms with van der Waals surface area (Å²) in [6.45, 7) is 0.800. The molecule has 48 valence electrons. The Morgan fingerprint density at radius 1 is 1.88 bits per heavy atom. The molecule has 1 rings (SSSR count). The zero-order chi connectivity index (χ0) is 5.98. The zero-order valence-corrected chi connectivity index (χ0v) is 5.27. The summed E-state index contributed by atoms with van der Waals surface area (Å²) in [5, 5.41) is 8.86. The Morgan fingerprint density at radius 2 is 2.50 bits per heavy atom. The molecular weight excluding hydrogens is 128 g/mol. The maximum absolute atomic E-state index is 8.86. The van der Waals surface area contributed by atoms with Gasteiger partial charge in [-0.3, -0.25) is 0 Å². The Labute approximate surface area is 53.4 Å². The summed E-state index contributed by atoms with van der Waals surface area (Å²) >= 11 is 5.32. The Kier molecular flexibility index (Phi) is 2.11. The van der Waals surface area contributed by atoms with Gasteiger partial charge in [-0.25, -0.2) is 0 Å². The van der Waals surface area contributed by atoms with Crippen molar-refractivity contribution < 1.29 is 9.84 Å². The molecule has 3 heteroatoms. The Morgan fingerprint density at radius 3 is 2.88 bits per heavy atom. The lowest BCUT2D eigenvalue weighted by Gasteiger charge is -2.00. The minimum atomic E-state index is -0.371. The highest BCUT2D eigenvalue weighted by molar-refractivity contribution is 6.18. The average molecular weight is 137 g/mol. The molecule has 0 radical (unpaired) electrons. The van der Waals surface area contributed by atoms with Crippen LogP contribution in [0, 0.1) is 0 Å². The van der Waals surface area contributed by atoms with Crippen molar-refractivity contribution in [1.29, 1.82) is 0 Å². The predicted octanol–water partition coefficient (Wildman–Crippen LogP) is 0.375. The molecule has 1 unspecified atom stereocenters. The van der Waals surface area contributed by atoms with E-state index in [1.807, 2.05) is 0 Å².